The number of esters is 1. The molecule has 0 aromatic carbocycles. The maximum atomic E-state index is 13.0. The maximum Gasteiger partial charge on any atom is 0.311 e. The molecule has 0 amide bonds. The number of hydrogen-bond donors (Lipinski definition) is 0. The summed E-state index contributed by atoms with van der Waals surface area (Å²) >= 11 is 0. The Balaban J connectivity index is 1.58. The average molecular weight is 409 g/mol. The van der Waals surface area contributed by atoms with Crippen molar-refractivity contribution >= 4 is 5.97 Å². The third-order valence-electron chi connectivity index (χ3n) is 8.47. The monoisotopic (exact) mass is 408 g/mol. The van der Waals surface area contributed by atoms with Crippen molar-refractivity contribution in [3.05, 3.63) is 0 Å². The SMILES string of the molecule is CCCC(CCC)C(=O)OC1O[C@@H]2C[C@@]3(C)CC[C@H]4[C@H](C)CCC([C@H]1C)[C@@]24OO3. The van der Waals surface area contributed by atoms with Gasteiger partial charge in [0.2, 0.25) is 6.29 Å². The molecule has 2 aliphatic carbocycles. The maximum absolute atomic E-state index is 13.0. The zero-order chi connectivity index (χ0) is 20.8. The van der Waals surface area contributed by atoms with E-state index in [1.165, 1.54) is 6.42 Å². The molecule has 0 aromatic heterocycles. The second kappa shape index (κ2) is 8.12. The molecule has 1 spiro atoms. The summed E-state index contributed by atoms with van der Waals surface area (Å²) in [7, 11) is 0. The number of ether oxygens (including phenoxy) is 2. The standard InChI is InChI=1S/C24H40O5/c1-6-8-17(9-7-2)21(25)27-22-16(4)19-11-10-15(3)18-12-13-23(5)14-20(26-22)24(18,19)29-28-23/h15-20,22H,6-14H2,1-5H3/t15-,16-,18+,19?,20-,22?,23-,24-/m1/s1. The van der Waals surface area contributed by atoms with E-state index in [1.54, 1.807) is 0 Å². The summed E-state index contributed by atoms with van der Waals surface area (Å²) in [6, 6.07) is 0. The molecule has 5 nitrogen and oxygen atoms in total. The van der Waals surface area contributed by atoms with Gasteiger partial charge in [-0.05, 0) is 57.3 Å². The highest BCUT2D eigenvalue weighted by Crippen LogP contribution is 2.61. The van der Waals surface area contributed by atoms with Crippen molar-refractivity contribution in [2.75, 3.05) is 0 Å². The van der Waals surface area contributed by atoms with E-state index in [0.29, 0.717) is 17.8 Å². The Labute approximate surface area is 176 Å². The number of carbonyl (C=O) groups is 1. The summed E-state index contributed by atoms with van der Waals surface area (Å²) in [6.45, 7) is 10.9. The van der Waals surface area contributed by atoms with Crippen LogP contribution in [0.3, 0.4) is 0 Å². The molecule has 2 saturated carbocycles. The van der Waals surface area contributed by atoms with E-state index in [9.17, 15) is 4.79 Å². The Morgan fingerprint density at radius 1 is 1.07 bits per heavy atom. The Morgan fingerprint density at radius 2 is 1.79 bits per heavy atom. The predicted molar refractivity (Wildman–Crippen MR) is 110 cm³/mol. The van der Waals surface area contributed by atoms with Crippen LogP contribution >= 0.6 is 0 Å². The lowest BCUT2D eigenvalue weighted by Gasteiger charge is -2.60. The van der Waals surface area contributed by atoms with Crippen LogP contribution in [0.2, 0.25) is 0 Å². The highest BCUT2D eigenvalue weighted by Gasteiger charge is 2.68. The minimum Gasteiger partial charge on any atom is -0.435 e. The van der Waals surface area contributed by atoms with Gasteiger partial charge in [0, 0.05) is 18.3 Å². The van der Waals surface area contributed by atoms with Gasteiger partial charge >= 0.3 is 5.97 Å². The van der Waals surface area contributed by atoms with Crippen LogP contribution in [-0.4, -0.2) is 29.6 Å². The van der Waals surface area contributed by atoms with Gasteiger partial charge < -0.3 is 9.47 Å². The van der Waals surface area contributed by atoms with Gasteiger partial charge in [-0.15, -0.1) is 0 Å². The summed E-state index contributed by atoms with van der Waals surface area (Å²) in [5.41, 5.74) is -0.693. The van der Waals surface area contributed by atoms with Crippen molar-refractivity contribution in [2.24, 2.45) is 29.6 Å². The fourth-order valence-electron chi connectivity index (χ4n) is 6.84. The average Bonchev–Trinajstić information content (AvgIpc) is 2.91. The topological polar surface area (TPSA) is 54.0 Å². The molecule has 3 heterocycles. The Kier molecular flexibility index (Phi) is 6.04. The molecule has 5 heteroatoms. The van der Waals surface area contributed by atoms with Crippen molar-refractivity contribution < 1.29 is 24.0 Å². The van der Waals surface area contributed by atoms with E-state index in [1.807, 2.05) is 0 Å². The first-order chi connectivity index (χ1) is 13.8. The predicted octanol–water partition coefficient (Wildman–Crippen LogP) is 5.41. The van der Waals surface area contributed by atoms with Crippen LogP contribution in [0.5, 0.6) is 0 Å². The fraction of sp³-hybridized carbons (Fsp3) is 0.958. The summed E-state index contributed by atoms with van der Waals surface area (Å²) in [5.74, 6) is 1.37. The van der Waals surface area contributed by atoms with E-state index in [4.69, 9.17) is 19.2 Å². The van der Waals surface area contributed by atoms with Gasteiger partial charge in [-0.2, -0.15) is 0 Å². The molecule has 3 saturated heterocycles. The molecular formula is C24H40O5. The molecule has 0 radical (unpaired) electrons. The fourth-order valence-corrected chi connectivity index (χ4v) is 6.84. The summed E-state index contributed by atoms with van der Waals surface area (Å²) in [5, 5.41) is 0. The van der Waals surface area contributed by atoms with Crippen molar-refractivity contribution in [3.63, 3.8) is 0 Å². The Hall–Kier alpha value is -0.650. The molecular weight excluding hydrogens is 368 g/mol. The van der Waals surface area contributed by atoms with Crippen LogP contribution < -0.4 is 0 Å². The van der Waals surface area contributed by atoms with Crippen molar-refractivity contribution in [2.45, 2.75) is 116 Å². The molecule has 3 aliphatic heterocycles. The molecule has 29 heavy (non-hydrogen) atoms. The molecule has 5 rings (SSSR count). The third kappa shape index (κ3) is 3.55. The summed E-state index contributed by atoms with van der Waals surface area (Å²) < 4.78 is 12.6. The van der Waals surface area contributed by atoms with E-state index in [0.717, 1.165) is 51.4 Å². The van der Waals surface area contributed by atoms with Crippen LogP contribution in [0.15, 0.2) is 0 Å². The normalized spacial score (nSPS) is 46.3. The Morgan fingerprint density at radius 3 is 2.48 bits per heavy atom. The first-order valence-electron chi connectivity index (χ1n) is 12.1. The van der Waals surface area contributed by atoms with Crippen LogP contribution in [0, 0.1) is 29.6 Å². The van der Waals surface area contributed by atoms with Gasteiger partial charge in [-0.1, -0.05) is 40.5 Å². The molecule has 0 N–H and O–H groups in total. The first kappa shape index (κ1) is 21.6. The van der Waals surface area contributed by atoms with Gasteiger partial charge in [0.1, 0.15) is 11.2 Å². The van der Waals surface area contributed by atoms with Crippen molar-refractivity contribution in [3.8, 4) is 0 Å². The van der Waals surface area contributed by atoms with E-state index in [2.05, 4.69) is 34.6 Å². The molecule has 0 aromatic rings. The summed E-state index contributed by atoms with van der Waals surface area (Å²) in [6.07, 6.45) is 8.47. The lowest BCUT2D eigenvalue weighted by molar-refractivity contribution is -0.494. The highest BCUT2D eigenvalue weighted by molar-refractivity contribution is 5.72. The van der Waals surface area contributed by atoms with Gasteiger partial charge in [-0.25, -0.2) is 9.78 Å². The minimum atomic E-state index is -0.472. The lowest BCUT2D eigenvalue weighted by Crippen LogP contribution is -2.69. The second-order valence-electron chi connectivity index (χ2n) is 10.5. The first-order valence-corrected chi connectivity index (χ1v) is 12.1. The summed E-state index contributed by atoms with van der Waals surface area (Å²) in [4.78, 5) is 25.3. The quantitative estimate of drug-likeness (QED) is 0.434. The van der Waals surface area contributed by atoms with E-state index < -0.39 is 6.29 Å². The largest absolute Gasteiger partial charge is 0.435 e. The van der Waals surface area contributed by atoms with Crippen LogP contribution in [0.1, 0.15) is 92.4 Å². The highest BCUT2D eigenvalue weighted by atomic mass is 17.2. The van der Waals surface area contributed by atoms with Gasteiger partial charge in [0.25, 0.3) is 0 Å². The molecule has 166 valence electrons. The minimum absolute atomic E-state index is 0.0153. The van der Waals surface area contributed by atoms with Crippen molar-refractivity contribution in [1.29, 1.82) is 0 Å². The zero-order valence-electron chi connectivity index (χ0n) is 18.9. The van der Waals surface area contributed by atoms with Crippen LogP contribution in [0.25, 0.3) is 0 Å². The number of hydrogen-bond acceptors (Lipinski definition) is 5. The number of carbonyl (C=O) groups excluding carboxylic acids is 1. The smallest absolute Gasteiger partial charge is 0.311 e. The van der Waals surface area contributed by atoms with Crippen LogP contribution in [-0.2, 0) is 24.0 Å². The molecule has 5 fully saturated rings. The second-order valence-corrected chi connectivity index (χ2v) is 10.5. The third-order valence-corrected chi connectivity index (χ3v) is 8.47. The van der Waals surface area contributed by atoms with Gasteiger partial charge in [-0.3, -0.25) is 4.79 Å². The van der Waals surface area contributed by atoms with E-state index in [-0.39, 0.29) is 35.1 Å². The molecule has 5 aliphatic rings. The van der Waals surface area contributed by atoms with Gasteiger partial charge in [0.15, 0.2) is 0 Å². The Bertz CT molecular complexity index is 602. The lowest BCUT2D eigenvalue weighted by atomic mass is 9.56. The molecule has 2 bridgehead atoms. The van der Waals surface area contributed by atoms with Crippen LogP contribution in [0.4, 0.5) is 0 Å². The number of fused-ring (bicyclic) bond motifs is 2. The number of rotatable bonds is 6. The zero-order valence-corrected chi connectivity index (χ0v) is 18.9. The molecule has 2 unspecified atom stereocenters. The molecule has 8 atom stereocenters. The van der Waals surface area contributed by atoms with E-state index >= 15 is 0 Å². The van der Waals surface area contributed by atoms with Gasteiger partial charge in [0.05, 0.1) is 12.0 Å². The van der Waals surface area contributed by atoms with Crippen molar-refractivity contribution in [1.82, 2.24) is 0 Å².